The van der Waals surface area contributed by atoms with Crippen molar-refractivity contribution >= 4 is 10.0 Å². The van der Waals surface area contributed by atoms with E-state index in [0.717, 1.165) is 45.3 Å². The zero-order valence-electron chi connectivity index (χ0n) is 11.4. The minimum atomic E-state index is -3.03. The number of sulfonamides is 1. The highest BCUT2D eigenvalue weighted by atomic mass is 32.2. The van der Waals surface area contributed by atoms with Crippen molar-refractivity contribution in [3.63, 3.8) is 0 Å². The third-order valence-corrected chi connectivity index (χ3v) is 6.30. The second-order valence-electron chi connectivity index (χ2n) is 5.52. The number of nitrogens with zero attached hydrogens (tertiary/aromatic N) is 1. The van der Waals surface area contributed by atoms with E-state index < -0.39 is 10.0 Å². The zero-order valence-corrected chi connectivity index (χ0v) is 12.2. The van der Waals surface area contributed by atoms with Gasteiger partial charge in [0.1, 0.15) is 0 Å². The molecule has 0 aliphatic carbocycles. The number of hydrogen-bond donors (Lipinski definition) is 1. The van der Waals surface area contributed by atoms with Gasteiger partial charge in [-0.25, -0.2) is 8.42 Å². The SMILES string of the molecule is CCS(=O)(=O)N1CCCCCC1C1CCNCC1. The lowest BCUT2D eigenvalue weighted by Crippen LogP contribution is -2.47. The maximum atomic E-state index is 12.3. The molecule has 2 fully saturated rings. The summed E-state index contributed by atoms with van der Waals surface area (Å²) in [7, 11) is -3.03. The Morgan fingerprint density at radius 1 is 1.11 bits per heavy atom. The van der Waals surface area contributed by atoms with Crippen LogP contribution in [0.3, 0.4) is 0 Å². The summed E-state index contributed by atoms with van der Waals surface area (Å²) in [6.07, 6.45) is 6.70. The molecule has 18 heavy (non-hydrogen) atoms. The Hall–Kier alpha value is -0.130. The van der Waals surface area contributed by atoms with Gasteiger partial charge in [0.25, 0.3) is 0 Å². The van der Waals surface area contributed by atoms with E-state index in [-0.39, 0.29) is 11.8 Å². The predicted octanol–water partition coefficient (Wildman–Crippen LogP) is 1.58. The molecule has 0 bridgehead atoms. The van der Waals surface area contributed by atoms with E-state index in [0.29, 0.717) is 5.92 Å². The smallest absolute Gasteiger partial charge is 0.214 e. The van der Waals surface area contributed by atoms with Gasteiger partial charge in [0, 0.05) is 12.6 Å². The topological polar surface area (TPSA) is 49.4 Å². The van der Waals surface area contributed by atoms with Crippen LogP contribution in [-0.4, -0.2) is 44.2 Å². The minimum absolute atomic E-state index is 0.245. The van der Waals surface area contributed by atoms with Crippen LogP contribution in [0.15, 0.2) is 0 Å². The standard InChI is InChI=1S/C13H26N2O2S/c1-2-18(16,17)15-11-5-3-4-6-13(15)12-7-9-14-10-8-12/h12-14H,2-11H2,1H3. The molecule has 0 aromatic carbocycles. The van der Waals surface area contributed by atoms with Gasteiger partial charge in [-0.3, -0.25) is 0 Å². The van der Waals surface area contributed by atoms with E-state index >= 15 is 0 Å². The molecule has 0 saturated carbocycles. The van der Waals surface area contributed by atoms with Gasteiger partial charge in [-0.15, -0.1) is 0 Å². The summed E-state index contributed by atoms with van der Waals surface area (Å²) in [6.45, 7) is 4.59. The second kappa shape index (κ2) is 6.35. The Labute approximate surface area is 111 Å². The Morgan fingerprint density at radius 3 is 2.50 bits per heavy atom. The summed E-state index contributed by atoms with van der Waals surface area (Å²) in [5.41, 5.74) is 0. The molecular weight excluding hydrogens is 248 g/mol. The molecule has 0 aromatic rings. The molecule has 2 rings (SSSR count). The van der Waals surface area contributed by atoms with Crippen LogP contribution in [0.2, 0.25) is 0 Å². The third-order valence-electron chi connectivity index (χ3n) is 4.40. The summed E-state index contributed by atoms with van der Waals surface area (Å²) in [5, 5.41) is 3.37. The van der Waals surface area contributed by atoms with Gasteiger partial charge in [-0.05, 0) is 51.6 Å². The van der Waals surface area contributed by atoms with Gasteiger partial charge >= 0.3 is 0 Å². The molecule has 2 aliphatic rings. The van der Waals surface area contributed by atoms with Crippen LogP contribution in [0, 0.1) is 5.92 Å². The lowest BCUT2D eigenvalue weighted by Gasteiger charge is -2.37. The van der Waals surface area contributed by atoms with Crippen molar-refractivity contribution in [1.29, 1.82) is 0 Å². The number of hydrogen-bond acceptors (Lipinski definition) is 3. The monoisotopic (exact) mass is 274 g/mol. The van der Waals surface area contributed by atoms with Crippen molar-refractivity contribution < 1.29 is 8.42 Å². The van der Waals surface area contributed by atoms with Crippen molar-refractivity contribution in [2.45, 2.75) is 51.5 Å². The van der Waals surface area contributed by atoms with Crippen LogP contribution in [0.25, 0.3) is 0 Å². The summed E-state index contributed by atoms with van der Waals surface area (Å²) < 4.78 is 26.4. The van der Waals surface area contributed by atoms with Crippen molar-refractivity contribution in [1.82, 2.24) is 9.62 Å². The first-order valence-electron chi connectivity index (χ1n) is 7.35. The molecule has 0 radical (unpaired) electrons. The second-order valence-corrected chi connectivity index (χ2v) is 7.73. The van der Waals surface area contributed by atoms with Crippen LogP contribution in [0.4, 0.5) is 0 Å². The molecule has 2 saturated heterocycles. The quantitative estimate of drug-likeness (QED) is 0.850. The Bertz CT molecular complexity index is 350. The lowest BCUT2D eigenvalue weighted by atomic mass is 9.88. The fourth-order valence-electron chi connectivity index (χ4n) is 3.32. The normalized spacial score (nSPS) is 29.1. The number of piperidine rings is 1. The number of rotatable bonds is 3. The van der Waals surface area contributed by atoms with Crippen molar-refractivity contribution in [2.24, 2.45) is 5.92 Å². The largest absolute Gasteiger partial charge is 0.317 e. The molecule has 1 unspecified atom stereocenters. The summed E-state index contributed by atoms with van der Waals surface area (Å²) in [6, 6.07) is 0.263. The molecule has 1 atom stereocenters. The van der Waals surface area contributed by atoms with Gasteiger partial charge in [0.2, 0.25) is 10.0 Å². The van der Waals surface area contributed by atoms with E-state index in [1.807, 2.05) is 4.31 Å². The van der Waals surface area contributed by atoms with Crippen molar-refractivity contribution in [3.8, 4) is 0 Å². The van der Waals surface area contributed by atoms with Crippen LogP contribution >= 0.6 is 0 Å². The number of nitrogens with one attached hydrogen (secondary N) is 1. The highest BCUT2D eigenvalue weighted by molar-refractivity contribution is 7.89. The first-order chi connectivity index (χ1) is 8.65. The molecule has 106 valence electrons. The zero-order chi connectivity index (χ0) is 13.0. The van der Waals surface area contributed by atoms with E-state index in [1.54, 1.807) is 6.92 Å². The fraction of sp³-hybridized carbons (Fsp3) is 1.00. The molecule has 0 amide bonds. The van der Waals surface area contributed by atoms with E-state index in [4.69, 9.17) is 0 Å². The summed E-state index contributed by atoms with van der Waals surface area (Å²) in [5.74, 6) is 0.805. The average Bonchev–Trinajstić information content (AvgIpc) is 2.66. The Kier molecular flexibility index (Phi) is 5.04. The van der Waals surface area contributed by atoms with Crippen LogP contribution in [0.1, 0.15) is 45.4 Å². The predicted molar refractivity (Wildman–Crippen MR) is 74.0 cm³/mol. The summed E-state index contributed by atoms with van der Waals surface area (Å²) >= 11 is 0. The fourth-order valence-corrected chi connectivity index (χ4v) is 4.75. The van der Waals surface area contributed by atoms with E-state index in [1.165, 1.54) is 12.8 Å². The first-order valence-corrected chi connectivity index (χ1v) is 8.96. The molecule has 2 aliphatic heterocycles. The van der Waals surface area contributed by atoms with Gasteiger partial charge in [0.15, 0.2) is 0 Å². The first kappa shape index (κ1) is 14.3. The molecule has 2 heterocycles. The van der Waals surface area contributed by atoms with Crippen LogP contribution < -0.4 is 5.32 Å². The minimum Gasteiger partial charge on any atom is -0.317 e. The molecule has 1 N–H and O–H groups in total. The molecule has 0 spiro atoms. The highest BCUT2D eigenvalue weighted by Gasteiger charge is 2.35. The molecule has 5 heteroatoms. The Morgan fingerprint density at radius 2 is 1.83 bits per heavy atom. The Balaban J connectivity index is 2.15. The van der Waals surface area contributed by atoms with E-state index in [2.05, 4.69) is 5.32 Å². The third kappa shape index (κ3) is 3.25. The van der Waals surface area contributed by atoms with E-state index in [9.17, 15) is 8.42 Å². The van der Waals surface area contributed by atoms with Crippen molar-refractivity contribution in [3.05, 3.63) is 0 Å². The van der Waals surface area contributed by atoms with Crippen LogP contribution in [-0.2, 0) is 10.0 Å². The van der Waals surface area contributed by atoms with Gasteiger partial charge in [0.05, 0.1) is 5.75 Å². The van der Waals surface area contributed by atoms with Gasteiger partial charge in [-0.1, -0.05) is 12.8 Å². The maximum Gasteiger partial charge on any atom is 0.214 e. The lowest BCUT2D eigenvalue weighted by molar-refractivity contribution is 0.198. The highest BCUT2D eigenvalue weighted by Crippen LogP contribution is 2.30. The van der Waals surface area contributed by atoms with Crippen molar-refractivity contribution in [2.75, 3.05) is 25.4 Å². The van der Waals surface area contributed by atoms with Gasteiger partial charge in [-0.2, -0.15) is 4.31 Å². The molecule has 0 aromatic heterocycles. The molecule has 4 nitrogen and oxygen atoms in total. The molecular formula is C13H26N2O2S. The maximum absolute atomic E-state index is 12.3. The average molecular weight is 274 g/mol. The van der Waals surface area contributed by atoms with Crippen LogP contribution in [0.5, 0.6) is 0 Å². The van der Waals surface area contributed by atoms with Gasteiger partial charge < -0.3 is 5.32 Å². The summed E-state index contributed by atoms with van der Waals surface area (Å²) in [4.78, 5) is 0.